The molecule has 1 N–H and O–H groups in total. The van der Waals surface area contributed by atoms with E-state index in [0.717, 1.165) is 23.7 Å². The molecule has 0 radical (unpaired) electrons. The molecule has 0 amide bonds. The Morgan fingerprint density at radius 1 is 1.31 bits per heavy atom. The molecule has 0 aromatic heterocycles. The van der Waals surface area contributed by atoms with Crippen LogP contribution in [0.1, 0.15) is 0 Å². The minimum Gasteiger partial charge on any atom is -0.373 e. The number of thioether (sulfide) groups is 1. The van der Waals surface area contributed by atoms with Gasteiger partial charge in [0, 0.05) is 23.7 Å². The second kappa shape index (κ2) is 4.03. The number of rotatable bonds is 1. The Labute approximate surface area is 82.6 Å². The number of hydrogen-bond donors (Lipinski definition) is 1. The molecule has 1 aliphatic heterocycles. The first-order chi connectivity index (χ1) is 6.38. The molecule has 1 saturated heterocycles. The van der Waals surface area contributed by atoms with Gasteiger partial charge in [0.2, 0.25) is 0 Å². The highest BCUT2D eigenvalue weighted by Crippen LogP contribution is 2.21. The lowest BCUT2D eigenvalue weighted by molar-refractivity contribution is 0.192. The SMILES string of the molecule is OC1CSCCN1c1ccccc1. The van der Waals surface area contributed by atoms with Crippen LogP contribution in [0.2, 0.25) is 0 Å². The van der Waals surface area contributed by atoms with Crippen molar-refractivity contribution < 1.29 is 5.11 Å². The van der Waals surface area contributed by atoms with Gasteiger partial charge in [-0.2, -0.15) is 11.8 Å². The van der Waals surface area contributed by atoms with Crippen molar-refractivity contribution >= 4 is 17.4 Å². The van der Waals surface area contributed by atoms with Crippen molar-refractivity contribution in [2.24, 2.45) is 0 Å². The summed E-state index contributed by atoms with van der Waals surface area (Å²) in [6.07, 6.45) is -0.318. The van der Waals surface area contributed by atoms with Gasteiger partial charge in [-0.05, 0) is 12.1 Å². The molecule has 0 spiro atoms. The first kappa shape index (κ1) is 8.91. The van der Waals surface area contributed by atoms with Gasteiger partial charge in [-0.1, -0.05) is 18.2 Å². The van der Waals surface area contributed by atoms with E-state index in [4.69, 9.17) is 0 Å². The molecule has 2 rings (SSSR count). The van der Waals surface area contributed by atoms with E-state index in [1.807, 2.05) is 42.1 Å². The molecule has 1 aromatic carbocycles. The number of hydrogen-bond acceptors (Lipinski definition) is 3. The Hall–Kier alpha value is -0.670. The van der Waals surface area contributed by atoms with Crippen molar-refractivity contribution in [3.63, 3.8) is 0 Å². The number of para-hydroxylation sites is 1. The average molecular weight is 195 g/mol. The van der Waals surface area contributed by atoms with Gasteiger partial charge in [0.15, 0.2) is 0 Å². The zero-order chi connectivity index (χ0) is 9.10. The van der Waals surface area contributed by atoms with Gasteiger partial charge in [0.1, 0.15) is 6.23 Å². The van der Waals surface area contributed by atoms with E-state index in [2.05, 4.69) is 4.90 Å². The molecule has 1 aromatic rings. The lowest BCUT2D eigenvalue weighted by atomic mass is 10.3. The van der Waals surface area contributed by atoms with Gasteiger partial charge < -0.3 is 10.0 Å². The van der Waals surface area contributed by atoms with Crippen LogP contribution in [0.25, 0.3) is 0 Å². The summed E-state index contributed by atoms with van der Waals surface area (Å²) in [6, 6.07) is 10.1. The Kier molecular flexibility index (Phi) is 2.76. The standard InChI is InChI=1S/C10H13NOS/c12-10-8-13-7-6-11(10)9-4-2-1-3-5-9/h1-5,10,12H,6-8H2. The number of benzene rings is 1. The van der Waals surface area contributed by atoms with Gasteiger partial charge >= 0.3 is 0 Å². The third-order valence-electron chi connectivity index (χ3n) is 2.19. The molecule has 1 unspecified atom stereocenters. The van der Waals surface area contributed by atoms with Crippen molar-refractivity contribution in [3.05, 3.63) is 30.3 Å². The Morgan fingerprint density at radius 2 is 2.08 bits per heavy atom. The zero-order valence-electron chi connectivity index (χ0n) is 7.39. The Balaban J connectivity index is 2.15. The van der Waals surface area contributed by atoms with E-state index in [1.165, 1.54) is 0 Å². The molecule has 70 valence electrons. The molecule has 0 saturated carbocycles. The fraction of sp³-hybridized carbons (Fsp3) is 0.400. The molecular weight excluding hydrogens is 182 g/mol. The van der Waals surface area contributed by atoms with Crippen LogP contribution in [0, 0.1) is 0 Å². The molecule has 3 heteroatoms. The van der Waals surface area contributed by atoms with Gasteiger partial charge in [0.05, 0.1) is 0 Å². The number of aliphatic hydroxyl groups is 1. The van der Waals surface area contributed by atoms with Crippen molar-refractivity contribution in [2.45, 2.75) is 6.23 Å². The maximum atomic E-state index is 9.73. The molecule has 13 heavy (non-hydrogen) atoms. The lowest BCUT2D eigenvalue weighted by Gasteiger charge is -2.33. The normalized spacial score (nSPS) is 23.2. The van der Waals surface area contributed by atoms with Crippen LogP contribution in [0.5, 0.6) is 0 Å². The molecule has 2 nitrogen and oxygen atoms in total. The average Bonchev–Trinajstić information content (AvgIpc) is 2.20. The highest BCUT2D eigenvalue weighted by Gasteiger charge is 2.19. The second-order valence-electron chi connectivity index (χ2n) is 3.08. The maximum Gasteiger partial charge on any atom is 0.136 e. The largest absolute Gasteiger partial charge is 0.373 e. The smallest absolute Gasteiger partial charge is 0.136 e. The van der Waals surface area contributed by atoms with Crippen LogP contribution >= 0.6 is 11.8 Å². The number of aliphatic hydroxyl groups excluding tert-OH is 1. The van der Waals surface area contributed by atoms with E-state index < -0.39 is 0 Å². The molecule has 0 aliphatic carbocycles. The van der Waals surface area contributed by atoms with Crippen LogP contribution in [-0.4, -0.2) is 29.4 Å². The fourth-order valence-corrected chi connectivity index (χ4v) is 2.39. The topological polar surface area (TPSA) is 23.5 Å². The summed E-state index contributed by atoms with van der Waals surface area (Å²) >= 11 is 1.81. The van der Waals surface area contributed by atoms with Gasteiger partial charge in [-0.25, -0.2) is 0 Å². The fourth-order valence-electron chi connectivity index (χ4n) is 1.51. The highest BCUT2D eigenvalue weighted by molar-refractivity contribution is 7.99. The van der Waals surface area contributed by atoms with Crippen LogP contribution in [0.15, 0.2) is 30.3 Å². The highest BCUT2D eigenvalue weighted by atomic mass is 32.2. The predicted octanol–water partition coefficient (Wildman–Crippen LogP) is 1.56. The van der Waals surface area contributed by atoms with Crippen molar-refractivity contribution in [1.82, 2.24) is 0 Å². The molecular formula is C10H13NOS. The van der Waals surface area contributed by atoms with E-state index >= 15 is 0 Å². The van der Waals surface area contributed by atoms with Crippen LogP contribution in [-0.2, 0) is 0 Å². The molecule has 1 aliphatic rings. The van der Waals surface area contributed by atoms with Crippen LogP contribution < -0.4 is 4.90 Å². The minimum absolute atomic E-state index is 0.318. The summed E-state index contributed by atoms with van der Waals surface area (Å²) in [5.41, 5.74) is 1.12. The summed E-state index contributed by atoms with van der Waals surface area (Å²) in [6.45, 7) is 0.940. The first-order valence-corrected chi connectivity index (χ1v) is 5.61. The second-order valence-corrected chi connectivity index (χ2v) is 4.23. The summed E-state index contributed by atoms with van der Waals surface area (Å²) in [7, 11) is 0. The number of nitrogens with zero attached hydrogens (tertiary/aromatic N) is 1. The lowest BCUT2D eigenvalue weighted by Crippen LogP contribution is -2.42. The van der Waals surface area contributed by atoms with Crippen molar-refractivity contribution in [3.8, 4) is 0 Å². The number of anilines is 1. The van der Waals surface area contributed by atoms with Gasteiger partial charge in [-0.3, -0.25) is 0 Å². The summed E-state index contributed by atoms with van der Waals surface area (Å²) in [4.78, 5) is 2.05. The monoisotopic (exact) mass is 195 g/mol. The van der Waals surface area contributed by atoms with E-state index in [0.29, 0.717) is 0 Å². The third kappa shape index (κ3) is 1.98. The summed E-state index contributed by atoms with van der Waals surface area (Å²) in [5.74, 6) is 1.92. The zero-order valence-corrected chi connectivity index (χ0v) is 8.20. The summed E-state index contributed by atoms with van der Waals surface area (Å²) < 4.78 is 0. The predicted molar refractivity (Wildman–Crippen MR) is 57.1 cm³/mol. The van der Waals surface area contributed by atoms with Gasteiger partial charge in [0.25, 0.3) is 0 Å². The van der Waals surface area contributed by atoms with Crippen LogP contribution in [0.4, 0.5) is 5.69 Å². The van der Waals surface area contributed by atoms with Gasteiger partial charge in [-0.15, -0.1) is 0 Å². The maximum absolute atomic E-state index is 9.73. The molecule has 1 heterocycles. The quantitative estimate of drug-likeness (QED) is 0.735. The Bertz CT molecular complexity index is 265. The van der Waals surface area contributed by atoms with E-state index in [1.54, 1.807) is 0 Å². The minimum atomic E-state index is -0.318. The molecule has 0 bridgehead atoms. The third-order valence-corrected chi connectivity index (χ3v) is 3.20. The van der Waals surface area contributed by atoms with E-state index in [9.17, 15) is 5.11 Å². The molecule has 1 atom stereocenters. The Morgan fingerprint density at radius 3 is 2.77 bits per heavy atom. The van der Waals surface area contributed by atoms with Crippen molar-refractivity contribution in [2.75, 3.05) is 23.0 Å². The first-order valence-electron chi connectivity index (χ1n) is 4.45. The van der Waals surface area contributed by atoms with E-state index in [-0.39, 0.29) is 6.23 Å². The van der Waals surface area contributed by atoms with Crippen molar-refractivity contribution in [1.29, 1.82) is 0 Å². The van der Waals surface area contributed by atoms with Crippen LogP contribution in [0.3, 0.4) is 0 Å². The summed E-state index contributed by atoms with van der Waals surface area (Å²) in [5, 5.41) is 9.73. The molecule has 1 fully saturated rings.